The van der Waals surface area contributed by atoms with E-state index in [1.807, 2.05) is 0 Å². The minimum atomic E-state index is 0. The smallest absolute Gasteiger partial charge is 0.0587 e. The first-order valence-electron chi connectivity index (χ1n) is 1.45. The number of hydrogen-bond donors (Lipinski definition) is 0. The average molecular weight is 284 g/mol. The average Bonchev–Trinajstić information content (AvgIpc) is 1.39. The molecule has 0 bridgehead atoms. The maximum atomic E-state index is 7.32. The summed E-state index contributed by atoms with van der Waals surface area (Å²) in [7, 11) is 0. The summed E-state index contributed by atoms with van der Waals surface area (Å²) in [5.41, 5.74) is 0. The molecule has 0 aromatic carbocycles. The van der Waals surface area contributed by atoms with E-state index in [2.05, 4.69) is 0 Å². The van der Waals surface area contributed by atoms with Gasteiger partial charge < -0.3 is 0 Å². The monoisotopic (exact) mass is 286 g/mol. The molecule has 48 valence electrons. The Morgan fingerprint density at radius 1 is 0.875 bits per heavy atom. The largest absolute Gasteiger partial charge is 0.199 e. The zero-order valence-corrected chi connectivity index (χ0v) is 8.08. The molecule has 0 fully saturated rings. The van der Waals surface area contributed by atoms with Gasteiger partial charge in [0.2, 0.25) is 0 Å². The van der Waals surface area contributed by atoms with Gasteiger partial charge in [-0.2, -0.15) is 10.5 Å². The van der Waals surface area contributed by atoms with Gasteiger partial charge in [-0.15, -0.1) is 0 Å². The van der Waals surface area contributed by atoms with Gasteiger partial charge in [-0.25, -0.2) is 0 Å². The fraction of sp³-hybridized carbons (Fsp3) is 0.500. The van der Waals surface area contributed by atoms with Crippen molar-refractivity contribution in [1.82, 2.24) is 0 Å². The summed E-state index contributed by atoms with van der Waals surface area (Å²) in [4.78, 5) is 0. The first-order chi connectivity index (χ1) is 2.83. The Morgan fingerprint density at radius 2 is 0.875 bits per heavy atom. The zero-order chi connectivity index (χ0) is 5.41. The minimum absolute atomic E-state index is 0. The second-order valence-electron chi connectivity index (χ2n) is 0.447. The van der Waals surface area contributed by atoms with Gasteiger partial charge in [0.15, 0.2) is 0 Å². The van der Waals surface area contributed by atoms with Crippen molar-refractivity contribution < 1.29 is 39.0 Å². The van der Waals surface area contributed by atoms with Crippen molar-refractivity contribution in [2.75, 3.05) is 0 Å². The Kier molecular flexibility index (Phi) is 170. The molecule has 0 N–H and O–H groups in total. The predicted molar refractivity (Wildman–Crippen MR) is 22.6 cm³/mol. The van der Waals surface area contributed by atoms with Gasteiger partial charge in [-0.05, 0) is 0 Å². The Balaban J connectivity index is -0.0000000160. The van der Waals surface area contributed by atoms with Crippen LogP contribution in [-0.4, -0.2) is 0 Å². The molecular weight excluding hydrogens is 278 g/mol. The van der Waals surface area contributed by atoms with Gasteiger partial charge in [-0.1, -0.05) is 0 Å². The molecule has 0 aromatic heterocycles. The summed E-state index contributed by atoms with van der Waals surface area (Å²) in [5.74, 6) is 0. The second-order valence-corrected chi connectivity index (χ2v) is 0.447. The van der Waals surface area contributed by atoms with Crippen LogP contribution in [-0.2, 0) is 39.0 Å². The maximum absolute atomic E-state index is 7.32. The summed E-state index contributed by atoms with van der Waals surface area (Å²) >= 11 is 0. The van der Waals surface area contributed by atoms with Crippen LogP contribution < -0.4 is 0 Å². The molecule has 0 aliphatic carbocycles. The van der Waals surface area contributed by atoms with E-state index in [0.29, 0.717) is 0 Å². The summed E-state index contributed by atoms with van der Waals surface area (Å²) in [6, 6.07) is 3.50. The van der Waals surface area contributed by atoms with E-state index in [1.54, 1.807) is 12.1 Å². The number of rotatable bonds is 0. The van der Waals surface area contributed by atoms with E-state index < -0.39 is 0 Å². The first-order valence-corrected chi connectivity index (χ1v) is 1.45. The topological polar surface area (TPSA) is 47.6 Å². The Morgan fingerprint density at radius 3 is 0.875 bits per heavy atom. The zero-order valence-electron chi connectivity index (χ0n) is 4.60. The predicted octanol–water partition coefficient (Wildman–Crippen LogP) is 1.05. The second kappa shape index (κ2) is 56.5. The summed E-state index contributed by atoms with van der Waals surface area (Å²) in [6.45, 7) is 2.86. The third kappa shape index (κ3) is 3310. The molecule has 0 aromatic rings. The molecule has 2 nitrogen and oxygen atoms in total. The van der Waals surface area contributed by atoms with Crippen LogP contribution in [0.25, 0.3) is 0 Å². The molecule has 0 unspecified atom stereocenters. The number of hydrogen-bond acceptors (Lipinski definition) is 2. The van der Waals surface area contributed by atoms with Crippen molar-refractivity contribution in [3.8, 4) is 12.1 Å². The van der Waals surface area contributed by atoms with Crippen molar-refractivity contribution in [3.63, 3.8) is 0 Å². The molecule has 0 atom stereocenters. The molecule has 0 amide bonds. The van der Waals surface area contributed by atoms with Crippen LogP contribution in [0.5, 0.6) is 0 Å². The van der Waals surface area contributed by atoms with Crippen molar-refractivity contribution in [2.24, 2.45) is 0 Å². The minimum Gasteiger partial charge on any atom is -0.199 e. The van der Waals surface area contributed by atoms with Gasteiger partial charge >= 0.3 is 0 Å². The van der Waals surface area contributed by atoms with E-state index in [0.717, 1.165) is 0 Å². The van der Waals surface area contributed by atoms with Gasteiger partial charge in [-0.3, -0.25) is 0 Å². The molecule has 0 spiro atoms. The van der Waals surface area contributed by atoms with Crippen molar-refractivity contribution >= 4 is 0 Å². The van der Waals surface area contributed by atoms with Crippen LogP contribution in [0.4, 0.5) is 0 Å². The van der Waals surface area contributed by atoms with Crippen LogP contribution in [0.1, 0.15) is 13.8 Å². The Labute approximate surface area is 75.4 Å². The molecule has 0 aliphatic rings. The van der Waals surface area contributed by atoms with Crippen LogP contribution in [0.15, 0.2) is 0 Å². The Hall–Kier alpha value is 0.227. The fourth-order valence-corrected chi connectivity index (χ4v) is 0. The summed E-state index contributed by atoms with van der Waals surface area (Å²) in [5, 5.41) is 14.6. The van der Waals surface area contributed by atoms with E-state index in [-0.39, 0.29) is 39.0 Å². The molecule has 8 heavy (non-hydrogen) atoms. The van der Waals surface area contributed by atoms with Crippen LogP contribution in [0.3, 0.4) is 0 Å². The van der Waals surface area contributed by atoms with E-state index >= 15 is 0 Å². The normalized spacial score (nSPS) is 2.00. The maximum Gasteiger partial charge on any atom is 0.0587 e. The van der Waals surface area contributed by atoms with Crippen molar-refractivity contribution in [3.05, 3.63) is 0 Å². The van der Waals surface area contributed by atoms with Crippen LogP contribution >= 0.6 is 0 Å². The molecule has 0 heterocycles. The molecule has 0 saturated heterocycles. The van der Waals surface area contributed by atoms with Crippen LogP contribution in [0, 0.1) is 22.7 Å². The quantitative estimate of drug-likeness (QED) is 0.624. The summed E-state index contributed by atoms with van der Waals surface area (Å²) < 4.78 is 0. The van der Waals surface area contributed by atoms with E-state index in [1.165, 1.54) is 13.8 Å². The number of nitriles is 2. The first kappa shape index (κ1) is 24.0. The molecule has 0 saturated carbocycles. The van der Waals surface area contributed by atoms with Crippen LogP contribution in [0.2, 0.25) is 0 Å². The third-order valence-corrected chi connectivity index (χ3v) is 0. The molecule has 0 aliphatic heterocycles. The molecule has 0 rings (SSSR count). The summed E-state index contributed by atoms with van der Waals surface area (Å²) in [6.07, 6.45) is 0. The molecule has 4 heteroatoms. The molecular formula is C4H6N2Ru2. The standard InChI is InChI=1S/2C2H3N.2Ru/c2*1-2-3;;/h2*1H3;;. The van der Waals surface area contributed by atoms with Gasteiger partial charge in [0.05, 0.1) is 12.1 Å². The van der Waals surface area contributed by atoms with E-state index in [4.69, 9.17) is 10.5 Å². The molecule has 0 radical (unpaired) electrons. The van der Waals surface area contributed by atoms with Crippen molar-refractivity contribution in [1.29, 1.82) is 10.5 Å². The number of nitrogens with zero attached hydrogens (tertiary/aromatic N) is 2. The Bertz CT molecular complexity index is 67.0. The van der Waals surface area contributed by atoms with Gasteiger partial charge in [0.25, 0.3) is 0 Å². The van der Waals surface area contributed by atoms with E-state index in [9.17, 15) is 0 Å². The third-order valence-electron chi connectivity index (χ3n) is 0. The fourth-order valence-electron chi connectivity index (χ4n) is 0. The van der Waals surface area contributed by atoms with Gasteiger partial charge in [0.1, 0.15) is 0 Å². The SMILES string of the molecule is CC#N.CC#N.[Ru].[Ru]. The van der Waals surface area contributed by atoms with Crippen molar-refractivity contribution in [2.45, 2.75) is 13.8 Å². The van der Waals surface area contributed by atoms with Gasteiger partial charge in [0, 0.05) is 52.8 Å².